The fourth-order valence-corrected chi connectivity index (χ4v) is 4.76. The molecule has 0 aliphatic carbocycles. The molecule has 21 heavy (non-hydrogen) atoms. The maximum Gasteiger partial charge on any atom is 0.263 e. The molecule has 0 atom stereocenters. The first-order valence-corrected chi connectivity index (χ1v) is 9.66. The van der Waals surface area contributed by atoms with Gasteiger partial charge >= 0.3 is 0 Å². The number of thiophene rings is 1. The summed E-state index contributed by atoms with van der Waals surface area (Å²) in [6.45, 7) is 5.22. The fraction of sp³-hybridized carbons (Fsp3) is 0.286. The molecular formula is C14H17BrN2O2S2. The number of sulfonamides is 1. The molecular weight excluding hydrogens is 372 g/mol. The Morgan fingerprint density at radius 1 is 1.29 bits per heavy atom. The fourth-order valence-electron chi connectivity index (χ4n) is 1.85. The second kappa shape index (κ2) is 6.91. The highest BCUT2D eigenvalue weighted by molar-refractivity contribution is 9.10. The summed E-state index contributed by atoms with van der Waals surface area (Å²) in [6.07, 6.45) is 0. The number of hydrogen-bond donors (Lipinski definition) is 2. The molecule has 1 aromatic carbocycles. The Hall–Kier alpha value is -0.890. The molecule has 0 radical (unpaired) electrons. The smallest absolute Gasteiger partial charge is 0.263 e. The van der Waals surface area contributed by atoms with Crippen molar-refractivity contribution in [3.63, 3.8) is 0 Å². The zero-order valence-electron chi connectivity index (χ0n) is 11.8. The van der Waals surface area contributed by atoms with Crippen molar-refractivity contribution < 1.29 is 8.42 Å². The Kier molecular flexibility index (Phi) is 5.43. The van der Waals surface area contributed by atoms with Crippen molar-refractivity contribution in [2.75, 3.05) is 11.3 Å². The van der Waals surface area contributed by atoms with E-state index < -0.39 is 10.0 Å². The van der Waals surface area contributed by atoms with Crippen LogP contribution in [-0.4, -0.2) is 15.0 Å². The number of benzene rings is 1. The predicted octanol–water partition coefficient (Wildman–Crippen LogP) is 3.73. The molecule has 1 heterocycles. The van der Waals surface area contributed by atoms with Gasteiger partial charge in [-0.15, -0.1) is 11.3 Å². The summed E-state index contributed by atoms with van der Waals surface area (Å²) >= 11 is 4.85. The molecule has 4 nitrogen and oxygen atoms in total. The number of hydrogen-bond acceptors (Lipinski definition) is 4. The lowest BCUT2D eigenvalue weighted by Crippen LogP contribution is -2.17. The van der Waals surface area contributed by atoms with E-state index in [4.69, 9.17) is 0 Å². The van der Waals surface area contributed by atoms with E-state index >= 15 is 0 Å². The summed E-state index contributed by atoms with van der Waals surface area (Å²) in [5.74, 6) is 0. The van der Waals surface area contributed by atoms with Crippen LogP contribution in [0.15, 0.2) is 39.0 Å². The highest BCUT2D eigenvalue weighted by Gasteiger charge is 2.20. The molecule has 0 aliphatic heterocycles. The van der Waals surface area contributed by atoms with E-state index in [1.807, 2.05) is 26.0 Å². The van der Waals surface area contributed by atoms with Crippen LogP contribution in [0.5, 0.6) is 0 Å². The monoisotopic (exact) mass is 388 g/mol. The van der Waals surface area contributed by atoms with Gasteiger partial charge in [-0.05, 0) is 42.6 Å². The zero-order chi connectivity index (χ0) is 15.5. The summed E-state index contributed by atoms with van der Waals surface area (Å²) in [5.41, 5.74) is 1.45. The minimum atomic E-state index is -3.57. The average molecular weight is 389 g/mol. The van der Waals surface area contributed by atoms with Gasteiger partial charge in [0.15, 0.2) is 0 Å². The molecule has 114 valence electrons. The Morgan fingerprint density at radius 3 is 2.76 bits per heavy atom. The predicted molar refractivity (Wildman–Crippen MR) is 91.4 cm³/mol. The van der Waals surface area contributed by atoms with Gasteiger partial charge in [0.05, 0.1) is 5.69 Å². The van der Waals surface area contributed by atoms with Gasteiger partial charge in [0.2, 0.25) is 0 Å². The highest BCUT2D eigenvalue weighted by Crippen LogP contribution is 2.28. The molecule has 0 aliphatic rings. The zero-order valence-corrected chi connectivity index (χ0v) is 15.0. The Balaban J connectivity index is 2.30. The Bertz CT molecular complexity index is 726. The lowest BCUT2D eigenvalue weighted by atomic mass is 10.2. The van der Waals surface area contributed by atoms with Gasteiger partial charge in [-0.2, -0.15) is 0 Å². The molecule has 0 saturated carbocycles. The average Bonchev–Trinajstić information content (AvgIpc) is 2.91. The van der Waals surface area contributed by atoms with Gasteiger partial charge in [0.25, 0.3) is 10.0 Å². The van der Waals surface area contributed by atoms with Gasteiger partial charge in [-0.3, -0.25) is 4.72 Å². The van der Waals surface area contributed by atoms with Gasteiger partial charge in [-0.25, -0.2) is 8.42 Å². The van der Waals surface area contributed by atoms with Crippen molar-refractivity contribution in [3.05, 3.63) is 44.6 Å². The van der Waals surface area contributed by atoms with Crippen LogP contribution in [0, 0.1) is 6.92 Å². The first-order chi connectivity index (χ1) is 9.95. The van der Waals surface area contributed by atoms with Gasteiger partial charge in [-0.1, -0.05) is 28.9 Å². The lowest BCUT2D eigenvalue weighted by molar-refractivity contribution is 0.599. The number of nitrogens with one attached hydrogen (secondary N) is 2. The summed E-state index contributed by atoms with van der Waals surface area (Å²) in [7, 11) is -3.57. The number of anilines is 1. The molecule has 7 heteroatoms. The van der Waals surface area contributed by atoms with E-state index in [-0.39, 0.29) is 0 Å². The van der Waals surface area contributed by atoms with Gasteiger partial charge in [0.1, 0.15) is 4.90 Å². The molecule has 0 spiro atoms. The molecule has 2 rings (SSSR count). The third kappa shape index (κ3) is 3.85. The van der Waals surface area contributed by atoms with Crippen molar-refractivity contribution >= 4 is 43.0 Å². The van der Waals surface area contributed by atoms with Crippen molar-refractivity contribution in [1.82, 2.24) is 5.32 Å². The van der Waals surface area contributed by atoms with Crippen LogP contribution < -0.4 is 10.0 Å². The minimum absolute atomic E-state index is 0.341. The Morgan fingerprint density at radius 2 is 2.05 bits per heavy atom. The molecule has 0 fully saturated rings. The summed E-state index contributed by atoms with van der Waals surface area (Å²) < 4.78 is 28.7. The van der Waals surface area contributed by atoms with Crippen LogP contribution in [0.1, 0.15) is 17.4 Å². The van der Waals surface area contributed by atoms with E-state index in [1.165, 1.54) is 11.3 Å². The van der Waals surface area contributed by atoms with Crippen molar-refractivity contribution in [1.29, 1.82) is 0 Å². The van der Waals surface area contributed by atoms with Crippen LogP contribution in [0.2, 0.25) is 0 Å². The van der Waals surface area contributed by atoms with Crippen LogP contribution in [0.4, 0.5) is 5.69 Å². The molecule has 0 unspecified atom stereocenters. The third-order valence-electron chi connectivity index (χ3n) is 3.04. The maximum atomic E-state index is 12.6. The first kappa shape index (κ1) is 16.5. The van der Waals surface area contributed by atoms with Crippen LogP contribution in [0.3, 0.4) is 0 Å². The summed E-state index contributed by atoms with van der Waals surface area (Å²) in [4.78, 5) is 1.16. The molecule has 2 N–H and O–H groups in total. The standard InChI is InChI=1S/C14H17BrN2O2S2/c1-3-16-9-13-14(7-8-20-13)21(18,19)17-12-6-4-5-11(15)10(12)2/h4-8,16-17H,3,9H2,1-2H3. The summed E-state index contributed by atoms with van der Waals surface area (Å²) in [5, 5.41) is 4.96. The second-order valence-electron chi connectivity index (χ2n) is 4.51. The normalized spacial score (nSPS) is 11.6. The quantitative estimate of drug-likeness (QED) is 0.792. The van der Waals surface area contributed by atoms with Crippen molar-refractivity contribution in [2.24, 2.45) is 0 Å². The highest BCUT2D eigenvalue weighted by atomic mass is 79.9. The van der Waals surface area contributed by atoms with Crippen molar-refractivity contribution in [2.45, 2.75) is 25.3 Å². The SMILES string of the molecule is CCNCc1sccc1S(=O)(=O)Nc1cccc(Br)c1C. The van der Waals surface area contributed by atoms with Crippen molar-refractivity contribution in [3.8, 4) is 0 Å². The van der Waals surface area contributed by atoms with Gasteiger partial charge < -0.3 is 5.32 Å². The minimum Gasteiger partial charge on any atom is -0.312 e. The van der Waals surface area contributed by atoms with E-state index in [2.05, 4.69) is 26.0 Å². The van der Waals surface area contributed by atoms with Crippen LogP contribution in [-0.2, 0) is 16.6 Å². The molecule has 0 amide bonds. The number of halogens is 1. The van der Waals surface area contributed by atoms with E-state index in [9.17, 15) is 8.42 Å². The molecule has 0 saturated heterocycles. The Labute approximate surface area is 137 Å². The maximum absolute atomic E-state index is 12.6. The van der Waals surface area contributed by atoms with Crippen LogP contribution >= 0.6 is 27.3 Å². The molecule has 0 bridgehead atoms. The topological polar surface area (TPSA) is 58.2 Å². The van der Waals surface area contributed by atoms with Gasteiger partial charge in [0, 0.05) is 15.9 Å². The molecule has 2 aromatic rings. The third-order valence-corrected chi connectivity index (χ3v) is 6.40. The lowest BCUT2D eigenvalue weighted by Gasteiger charge is -2.12. The first-order valence-electron chi connectivity index (χ1n) is 6.50. The van der Waals surface area contributed by atoms with Crippen LogP contribution in [0.25, 0.3) is 0 Å². The van der Waals surface area contributed by atoms with E-state index in [0.29, 0.717) is 17.1 Å². The van der Waals surface area contributed by atoms with E-state index in [1.54, 1.807) is 17.5 Å². The largest absolute Gasteiger partial charge is 0.312 e. The number of rotatable bonds is 6. The molecule has 1 aromatic heterocycles. The summed E-state index contributed by atoms with van der Waals surface area (Å²) in [6, 6.07) is 7.09. The van der Waals surface area contributed by atoms with E-state index in [0.717, 1.165) is 21.5 Å². The second-order valence-corrected chi connectivity index (χ2v) is 8.01.